The van der Waals surface area contributed by atoms with Crippen LogP contribution in [-0.2, 0) is 9.59 Å². The molecule has 0 aromatic carbocycles. The first-order valence-corrected chi connectivity index (χ1v) is 4.88. The molecule has 0 saturated heterocycles. The van der Waals surface area contributed by atoms with Gasteiger partial charge in [-0.15, -0.1) is 11.6 Å². The molecule has 0 rings (SSSR count). The highest BCUT2D eigenvalue weighted by molar-refractivity contribution is 6.27. The second-order valence-corrected chi connectivity index (χ2v) is 3.72. The molecule has 0 spiro atoms. The third kappa shape index (κ3) is 3.40. The van der Waals surface area contributed by atoms with Crippen molar-refractivity contribution in [2.24, 2.45) is 0 Å². The van der Waals surface area contributed by atoms with Crippen LogP contribution in [0.1, 0.15) is 20.3 Å². The zero-order valence-electron chi connectivity index (χ0n) is 8.66. The Kier molecular flexibility index (Phi) is 5.09. The molecule has 0 fully saturated rings. The Morgan fingerprint density at radius 1 is 1.53 bits per heavy atom. The summed E-state index contributed by atoms with van der Waals surface area (Å²) in [6.45, 7) is 2.87. The molecule has 15 heavy (non-hydrogen) atoms. The van der Waals surface area contributed by atoms with Crippen LogP contribution in [0.2, 0.25) is 0 Å². The van der Waals surface area contributed by atoms with Crippen LogP contribution in [0.5, 0.6) is 0 Å². The number of carbonyl (C=O) groups excluding carboxylic acids is 1. The molecule has 0 radical (unpaired) electrons. The predicted octanol–water partition coefficient (Wildman–Crippen LogP) is 0.831. The smallest absolute Gasteiger partial charge is 0.329 e. The number of carboxylic acids is 1. The second-order valence-electron chi connectivity index (χ2n) is 3.45. The average molecular weight is 233 g/mol. The monoisotopic (exact) mass is 232 g/mol. The summed E-state index contributed by atoms with van der Waals surface area (Å²) in [7, 11) is 0. The van der Waals surface area contributed by atoms with Crippen LogP contribution in [0.25, 0.3) is 0 Å². The van der Waals surface area contributed by atoms with Gasteiger partial charge >= 0.3 is 5.97 Å². The summed E-state index contributed by atoms with van der Waals surface area (Å²) in [6, 6.07) is 1.86. The minimum atomic E-state index is -1.34. The Bertz CT molecular complexity index is 296. The van der Waals surface area contributed by atoms with Crippen molar-refractivity contribution >= 4 is 23.5 Å². The quantitative estimate of drug-likeness (QED) is 0.712. The Hall–Kier alpha value is -1.28. The molecule has 0 aliphatic heterocycles. The van der Waals surface area contributed by atoms with Gasteiger partial charge in [-0.1, -0.05) is 0 Å². The largest absolute Gasteiger partial charge is 0.480 e. The molecular weight excluding hydrogens is 220 g/mol. The third-order valence-corrected chi connectivity index (χ3v) is 2.29. The molecule has 0 aliphatic carbocycles. The summed E-state index contributed by atoms with van der Waals surface area (Å²) in [4.78, 5) is 23.4. The van der Waals surface area contributed by atoms with Gasteiger partial charge in [0.1, 0.15) is 11.4 Å². The van der Waals surface area contributed by atoms with Gasteiger partial charge in [-0.2, -0.15) is 5.26 Å². The number of aliphatic carboxylic acids is 1. The lowest BCUT2D eigenvalue weighted by Gasteiger charge is -2.34. The number of hydrogen-bond acceptors (Lipinski definition) is 3. The van der Waals surface area contributed by atoms with E-state index >= 15 is 0 Å². The zero-order valence-corrected chi connectivity index (χ0v) is 9.41. The van der Waals surface area contributed by atoms with Gasteiger partial charge in [0, 0.05) is 6.54 Å². The molecule has 6 heteroatoms. The molecule has 0 bridgehead atoms. The number of alkyl halides is 1. The standard InChI is InChI=1S/C9H13ClN2O3/c1-9(2,8(14)15)12(5-3-4-11)7(13)6-10/h3,5-6H2,1-2H3,(H,14,15). The second kappa shape index (κ2) is 5.56. The van der Waals surface area contributed by atoms with Crippen LogP contribution in [0.4, 0.5) is 0 Å². The van der Waals surface area contributed by atoms with Gasteiger partial charge in [0.15, 0.2) is 0 Å². The first-order chi connectivity index (χ1) is 6.87. The van der Waals surface area contributed by atoms with Crippen LogP contribution in [0.15, 0.2) is 0 Å². The van der Waals surface area contributed by atoms with Gasteiger partial charge in [0.05, 0.1) is 12.5 Å². The van der Waals surface area contributed by atoms with E-state index in [0.29, 0.717) is 0 Å². The number of hydrogen-bond donors (Lipinski definition) is 1. The van der Waals surface area contributed by atoms with Gasteiger partial charge in [-0.3, -0.25) is 4.79 Å². The molecule has 0 atom stereocenters. The fourth-order valence-corrected chi connectivity index (χ4v) is 1.21. The maximum Gasteiger partial charge on any atom is 0.329 e. The van der Waals surface area contributed by atoms with E-state index in [-0.39, 0.29) is 18.8 Å². The lowest BCUT2D eigenvalue weighted by atomic mass is 10.0. The fourth-order valence-electron chi connectivity index (χ4n) is 1.07. The van der Waals surface area contributed by atoms with Crippen LogP contribution in [0.3, 0.4) is 0 Å². The number of halogens is 1. The van der Waals surface area contributed by atoms with Crippen molar-refractivity contribution in [3.05, 3.63) is 0 Å². The molecule has 0 heterocycles. The molecule has 0 aliphatic rings. The SMILES string of the molecule is CC(C)(C(=O)O)N(CCC#N)C(=O)CCl. The summed E-state index contributed by atoms with van der Waals surface area (Å²) in [6.07, 6.45) is 0.0827. The van der Waals surface area contributed by atoms with Crippen LogP contribution in [-0.4, -0.2) is 39.8 Å². The van der Waals surface area contributed by atoms with Crippen LogP contribution in [0, 0.1) is 11.3 Å². The van der Waals surface area contributed by atoms with Crippen molar-refractivity contribution in [3.8, 4) is 6.07 Å². The maximum atomic E-state index is 11.4. The molecule has 1 amide bonds. The summed E-state index contributed by atoms with van der Waals surface area (Å²) in [5.41, 5.74) is -1.34. The average Bonchev–Trinajstić information content (AvgIpc) is 2.17. The van der Waals surface area contributed by atoms with Gasteiger partial charge in [0.25, 0.3) is 0 Å². The zero-order chi connectivity index (χ0) is 12.1. The van der Waals surface area contributed by atoms with E-state index in [1.807, 2.05) is 6.07 Å². The van der Waals surface area contributed by atoms with Gasteiger partial charge in [-0.25, -0.2) is 4.79 Å². The molecule has 84 valence electrons. The Labute approximate surface area is 93.2 Å². The van der Waals surface area contributed by atoms with Crippen molar-refractivity contribution < 1.29 is 14.7 Å². The highest BCUT2D eigenvalue weighted by atomic mass is 35.5. The number of amides is 1. The third-order valence-electron chi connectivity index (χ3n) is 2.06. The van der Waals surface area contributed by atoms with E-state index in [1.54, 1.807) is 0 Å². The molecule has 5 nitrogen and oxygen atoms in total. The summed E-state index contributed by atoms with van der Waals surface area (Å²) >= 11 is 5.37. The molecule has 1 N–H and O–H groups in total. The minimum absolute atomic E-state index is 0.0708. The topological polar surface area (TPSA) is 81.4 Å². The summed E-state index contributed by atoms with van der Waals surface area (Å²) in [5.74, 6) is -1.90. The highest BCUT2D eigenvalue weighted by Crippen LogP contribution is 2.16. The first-order valence-electron chi connectivity index (χ1n) is 4.34. The van der Waals surface area contributed by atoms with Crippen molar-refractivity contribution in [3.63, 3.8) is 0 Å². The highest BCUT2D eigenvalue weighted by Gasteiger charge is 2.36. The molecule has 0 unspecified atom stereocenters. The van der Waals surface area contributed by atoms with Gasteiger partial charge in [0.2, 0.25) is 5.91 Å². The molecular formula is C9H13ClN2O3. The number of rotatable bonds is 5. The maximum absolute atomic E-state index is 11.4. The summed E-state index contributed by atoms with van der Waals surface area (Å²) < 4.78 is 0. The minimum Gasteiger partial charge on any atom is -0.480 e. The molecule has 0 saturated carbocycles. The number of nitriles is 1. The Morgan fingerprint density at radius 3 is 2.40 bits per heavy atom. The van der Waals surface area contributed by atoms with Crippen molar-refractivity contribution in [2.75, 3.05) is 12.4 Å². The van der Waals surface area contributed by atoms with Gasteiger partial charge < -0.3 is 10.0 Å². The first kappa shape index (κ1) is 13.7. The lowest BCUT2D eigenvalue weighted by Crippen LogP contribution is -2.53. The van der Waals surface area contributed by atoms with E-state index in [1.165, 1.54) is 13.8 Å². The lowest BCUT2D eigenvalue weighted by molar-refractivity contribution is -0.155. The number of nitrogens with zero attached hydrogens (tertiary/aromatic N) is 2. The van der Waals surface area contributed by atoms with Crippen LogP contribution >= 0.6 is 11.6 Å². The Balaban J connectivity index is 4.85. The van der Waals surface area contributed by atoms with Crippen LogP contribution < -0.4 is 0 Å². The van der Waals surface area contributed by atoms with Crippen molar-refractivity contribution in [1.82, 2.24) is 4.90 Å². The summed E-state index contributed by atoms with van der Waals surface area (Å²) in [5, 5.41) is 17.3. The van der Waals surface area contributed by atoms with E-state index in [0.717, 1.165) is 4.90 Å². The number of carboxylic acid groups (broad SMARTS) is 1. The van der Waals surface area contributed by atoms with E-state index < -0.39 is 17.4 Å². The normalized spacial score (nSPS) is 10.5. The fraction of sp³-hybridized carbons (Fsp3) is 0.667. The van der Waals surface area contributed by atoms with Gasteiger partial charge in [-0.05, 0) is 13.8 Å². The predicted molar refractivity (Wildman–Crippen MR) is 54.4 cm³/mol. The van der Waals surface area contributed by atoms with E-state index in [4.69, 9.17) is 22.0 Å². The number of carbonyl (C=O) groups is 2. The van der Waals surface area contributed by atoms with E-state index in [9.17, 15) is 9.59 Å². The molecule has 0 aromatic heterocycles. The van der Waals surface area contributed by atoms with Crippen molar-refractivity contribution in [2.45, 2.75) is 25.8 Å². The molecule has 0 aromatic rings. The van der Waals surface area contributed by atoms with E-state index in [2.05, 4.69) is 0 Å². The van der Waals surface area contributed by atoms with Crippen molar-refractivity contribution in [1.29, 1.82) is 5.26 Å². The Morgan fingerprint density at radius 2 is 2.07 bits per heavy atom.